The average Bonchev–Trinajstić information content (AvgIpc) is 2.17. The summed E-state index contributed by atoms with van der Waals surface area (Å²) >= 11 is 3.12. The van der Waals surface area contributed by atoms with Crippen molar-refractivity contribution in [1.29, 1.82) is 0 Å². The van der Waals surface area contributed by atoms with E-state index in [1.54, 1.807) is 0 Å². The van der Waals surface area contributed by atoms with Gasteiger partial charge >= 0.3 is 0 Å². The van der Waals surface area contributed by atoms with Crippen LogP contribution in [0.4, 0.5) is 14.5 Å². The smallest absolute Gasteiger partial charge is 0.266 e. The van der Waals surface area contributed by atoms with Gasteiger partial charge in [-0.3, -0.25) is 0 Å². The molecule has 1 aromatic rings. The van der Waals surface area contributed by atoms with Crippen molar-refractivity contribution in [3.63, 3.8) is 0 Å². The molecule has 0 bridgehead atoms. The first kappa shape index (κ1) is 11.2. The number of rotatable bonds is 3. The Balaban J connectivity index is 3.27. The van der Waals surface area contributed by atoms with Gasteiger partial charge in [0, 0.05) is 10.9 Å². The second-order valence-corrected chi connectivity index (χ2v) is 3.12. The van der Waals surface area contributed by atoms with E-state index in [2.05, 4.69) is 20.9 Å². The van der Waals surface area contributed by atoms with Crippen molar-refractivity contribution in [2.45, 2.75) is 11.8 Å². The Morgan fingerprint density at radius 2 is 2.29 bits per heavy atom. The van der Waals surface area contributed by atoms with Crippen molar-refractivity contribution in [1.82, 2.24) is 4.98 Å². The van der Waals surface area contributed by atoms with Gasteiger partial charge in [-0.05, 0) is 6.07 Å². The SMILES string of the molecule is COc1nc(CBr)cc(C(F)F)c1N. The van der Waals surface area contributed by atoms with Crippen molar-refractivity contribution in [2.75, 3.05) is 12.8 Å². The Kier molecular flexibility index (Phi) is 3.62. The number of halogens is 3. The Hall–Kier alpha value is -0.910. The van der Waals surface area contributed by atoms with Crippen LogP contribution in [-0.2, 0) is 5.33 Å². The third-order valence-corrected chi connectivity index (χ3v) is 2.25. The van der Waals surface area contributed by atoms with Crippen molar-refractivity contribution < 1.29 is 13.5 Å². The number of hydrogen-bond acceptors (Lipinski definition) is 3. The molecule has 0 spiro atoms. The number of methoxy groups -OCH3 is 1. The fourth-order valence-corrected chi connectivity index (χ4v) is 1.30. The van der Waals surface area contributed by atoms with Gasteiger partial charge in [0.25, 0.3) is 6.43 Å². The molecule has 0 aliphatic carbocycles. The average molecular weight is 267 g/mol. The zero-order chi connectivity index (χ0) is 10.7. The molecular formula is C8H9BrF2N2O. The van der Waals surface area contributed by atoms with Crippen LogP contribution in [-0.4, -0.2) is 12.1 Å². The van der Waals surface area contributed by atoms with Crippen LogP contribution in [0.3, 0.4) is 0 Å². The van der Waals surface area contributed by atoms with E-state index in [-0.39, 0.29) is 17.1 Å². The van der Waals surface area contributed by atoms with Crippen molar-refractivity contribution in [3.05, 3.63) is 17.3 Å². The van der Waals surface area contributed by atoms with Crippen LogP contribution in [0.15, 0.2) is 6.07 Å². The maximum atomic E-state index is 12.5. The molecule has 78 valence electrons. The standard InChI is InChI=1S/C8H9BrF2N2O/c1-14-8-6(12)5(7(10)11)2-4(3-9)13-8/h2,7H,3,12H2,1H3. The number of pyridine rings is 1. The number of nitrogens with two attached hydrogens (primary N) is 1. The van der Waals surface area contributed by atoms with Crippen molar-refractivity contribution in [3.8, 4) is 5.88 Å². The molecular weight excluding hydrogens is 258 g/mol. The van der Waals surface area contributed by atoms with Crippen LogP contribution in [0.1, 0.15) is 17.7 Å². The predicted octanol–water partition coefficient (Wildman–Crippen LogP) is 2.50. The number of anilines is 1. The van der Waals surface area contributed by atoms with Gasteiger partial charge in [-0.15, -0.1) is 0 Å². The van der Waals surface area contributed by atoms with Crippen molar-refractivity contribution in [2.24, 2.45) is 0 Å². The van der Waals surface area contributed by atoms with Gasteiger partial charge in [0.2, 0.25) is 5.88 Å². The highest BCUT2D eigenvalue weighted by molar-refractivity contribution is 9.08. The summed E-state index contributed by atoms with van der Waals surface area (Å²) in [6.07, 6.45) is -2.62. The molecule has 0 amide bonds. The summed E-state index contributed by atoms with van der Waals surface area (Å²) in [7, 11) is 1.34. The number of hydrogen-bond donors (Lipinski definition) is 1. The summed E-state index contributed by atoms with van der Waals surface area (Å²) in [5, 5.41) is 0.378. The predicted molar refractivity (Wildman–Crippen MR) is 52.8 cm³/mol. The van der Waals surface area contributed by atoms with E-state index < -0.39 is 6.43 Å². The zero-order valence-electron chi connectivity index (χ0n) is 7.43. The minimum absolute atomic E-state index is 0.0391. The molecule has 2 N–H and O–H groups in total. The summed E-state index contributed by atoms with van der Waals surface area (Å²) in [4.78, 5) is 3.92. The summed E-state index contributed by atoms with van der Waals surface area (Å²) in [5.74, 6) is 0.0391. The lowest BCUT2D eigenvalue weighted by Crippen LogP contribution is -2.03. The number of aromatic nitrogens is 1. The summed E-state index contributed by atoms with van der Waals surface area (Å²) in [6.45, 7) is 0. The van der Waals surface area contributed by atoms with Crippen molar-refractivity contribution >= 4 is 21.6 Å². The van der Waals surface area contributed by atoms with Gasteiger partial charge in [-0.1, -0.05) is 15.9 Å². The molecule has 0 atom stereocenters. The van der Waals surface area contributed by atoms with Gasteiger partial charge in [0.05, 0.1) is 12.8 Å². The van der Waals surface area contributed by atoms with Crippen LogP contribution < -0.4 is 10.5 Å². The van der Waals surface area contributed by atoms with Gasteiger partial charge in [0.1, 0.15) is 5.69 Å². The molecule has 1 heterocycles. The Morgan fingerprint density at radius 1 is 1.64 bits per heavy atom. The van der Waals surface area contributed by atoms with E-state index in [4.69, 9.17) is 10.5 Å². The molecule has 0 radical (unpaired) electrons. The molecule has 1 aromatic heterocycles. The first-order chi connectivity index (χ1) is 6.60. The summed E-state index contributed by atoms with van der Waals surface area (Å²) in [6, 6.07) is 1.26. The normalized spacial score (nSPS) is 10.6. The molecule has 0 aromatic carbocycles. The number of alkyl halides is 3. The lowest BCUT2D eigenvalue weighted by atomic mass is 10.2. The minimum atomic E-state index is -2.62. The van der Waals surface area contributed by atoms with Crippen LogP contribution in [0.2, 0.25) is 0 Å². The molecule has 0 saturated carbocycles. The third kappa shape index (κ3) is 2.12. The lowest BCUT2D eigenvalue weighted by Gasteiger charge is -2.10. The first-order valence-electron chi connectivity index (χ1n) is 3.77. The minimum Gasteiger partial charge on any atom is -0.480 e. The van der Waals surface area contributed by atoms with Crippen LogP contribution in [0, 0.1) is 0 Å². The highest BCUT2D eigenvalue weighted by atomic mass is 79.9. The fourth-order valence-electron chi connectivity index (χ4n) is 1.01. The highest BCUT2D eigenvalue weighted by Crippen LogP contribution is 2.31. The van der Waals surface area contributed by atoms with Gasteiger partial charge in [-0.25, -0.2) is 13.8 Å². The topological polar surface area (TPSA) is 48.1 Å². The van der Waals surface area contributed by atoms with E-state index in [1.165, 1.54) is 13.2 Å². The molecule has 6 heteroatoms. The van der Waals surface area contributed by atoms with E-state index in [0.29, 0.717) is 11.0 Å². The number of nitrogens with zero attached hydrogens (tertiary/aromatic N) is 1. The molecule has 0 saturated heterocycles. The molecule has 1 rings (SSSR count). The molecule has 0 aliphatic rings. The maximum absolute atomic E-state index is 12.5. The van der Waals surface area contributed by atoms with E-state index in [9.17, 15) is 8.78 Å². The maximum Gasteiger partial charge on any atom is 0.266 e. The van der Waals surface area contributed by atoms with Gasteiger partial charge in [0.15, 0.2) is 0 Å². The van der Waals surface area contributed by atoms with E-state index in [1.807, 2.05) is 0 Å². The fraction of sp³-hybridized carbons (Fsp3) is 0.375. The monoisotopic (exact) mass is 266 g/mol. The molecule has 0 fully saturated rings. The number of nitrogen functional groups attached to an aromatic ring is 1. The van der Waals surface area contributed by atoms with Crippen LogP contribution in [0.25, 0.3) is 0 Å². The molecule has 3 nitrogen and oxygen atoms in total. The van der Waals surface area contributed by atoms with Gasteiger partial charge < -0.3 is 10.5 Å². The Labute approximate surface area is 88.4 Å². The molecule has 14 heavy (non-hydrogen) atoms. The zero-order valence-corrected chi connectivity index (χ0v) is 9.01. The van der Waals surface area contributed by atoms with Crippen LogP contribution in [0.5, 0.6) is 5.88 Å². The van der Waals surface area contributed by atoms with Crippen LogP contribution >= 0.6 is 15.9 Å². The third-order valence-electron chi connectivity index (χ3n) is 1.67. The largest absolute Gasteiger partial charge is 0.480 e. The lowest BCUT2D eigenvalue weighted by molar-refractivity contribution is 0.151. The highest BCUT2D eigenvalue weighted by Gasteiger charge is 2.17. The Morgan fingerprint density at radius 3 is 2.71 bits per heavy atom. The first-order valence-corrected chi connectivity index (χ1v) is 4.89. The second kappa shape index (κ2) is 4.54. The second-order valence-electron chi connectivity index (χ2n) is 2.56. The Bertz CT molecular complexity index is 333. The van der Waals surface area contributed by atoms with E-state index >= 15 is 0 Å². The molecule has 0 aliphatic heterocycles. The number of ether oxygens (including phenoxy) is 1. The summed E-state index contributed by atoms with van der Waals surface area (Å²) in [5.41, 5.74) is 5.55. The molecule has 0 unspecified atom stereocenters. The van der Waals surface area contributed by atoms with Gasteiger partial charge in [-0.2, -0.15) is 0 Å². The summed E-state index contributed by atoms with van der Waals surface area (Å²) < 4.78 is 29.8. The van der Waals surface area contributed by atoms with E-state index in [0.717, 1.165) is 0 Å². The quantitative estimate of drug-likeness (QED) is 0.856.